The lowest BCUT2D eigenvalue weighted by atomic mass is 10.1. The third kappa shape index (κ3) is 4.26. The Balaban J connectivity index is 1.36. The number of hydrogen-bond donors (Lipinski definition) is 1. The average molecular weight is 393 g/mol. The summed E-state index contributed by atoms with van der Waals surface area (Å²) < 4.78 is 10.7. The van der Waals surface area contributed by atoms with Crippen LogP contribution in [-0.2, 0) is 4.79 Å². The summed E-state index contributed by atoms with van der Waals surface area (Å²) in [5, 5.41) is 12.1. The molecule has 28 heavy (non-hydrogen) atoms. The van der Waals surface area contributed by atoms with E-state index in [1.54, 1.807) is 0 Å². The van der Waals surface area contributed by atoms with Crippen molar-refractivity contribution in [1.29, 1.82) is 0 Å². The van der Waals surface area contributed by atoms with E-state index < -0.39 is 0 Å². The van der Waals surface area contributed by atoms with Crippen LogP contribution in [0, 0.1) is 13.8 Å². The molecule has 1 amide bonds. The predicted octanol–water partition coefficient (Wildman–Crippen LogP) is 4.22. The molecule has 2 heterocycles. The number of anilines is 1. The second-order valence-corrected chi connectivity index (χ2v) is 7.53. The lowest BCUT2D eigenvalue weighted by Gasteiger charge is -2.07. The van der Waals surface area contributed by atoms with Crippen LogP contribution in [0.1, 0.15) is 11.1 Å². The molecule has 2 aromatic carbocycles. The fraction of sp³-hybridized carbons (Fsp3) is 0.190. The number of aryl methyl sites for hydroxylation is 2. The Morgan fingerprint density at radius 3 is 2.54 bits per heavy atom. The van der Waals surface area contributed by atoms with Crippen molar-refractivity contribution in [1.82, 2.24) is 10.2 Å². The zero-order valence-electron chi connectivity index (χ0n) is 15.6. The van der Waals surface area contributed by atoms with Crippen molar-refractivity contribution in [2.24, 2.45) is 0 Å². The Hall–Kier alpha value is -3.06. The van der Waals surface area contributed by atoms with Gasteiger partial charge in [-0.1, -0.05) is 17.8 Å². The van der Waals surface area contributed by atoms with Crippen molar-refractivity contribution in [3.8, 4) is 22.8 Å². The fourth-order valence-corrected chi connectivity index (χ4v) is 3.60. The summed E-state index contributed by atoms with van der Waals surface area (Å²) in [5.74, 6) is 1.64. The van der Waals surface area contributed by atoms with Gasteiger partial charge in [-0.05, 0) is 67.4 Å². The summed E-state index contributed by atoms with van der Waals surface area (Å²) in [7, 11) is 0. The summed E-state index contributed by atoms with van der Waals surface area (Å²) >= 11 is 1.35. The van der Waals surface area contributed by atoms with E-state index >= 15 is 0 Å². The van der Waals surface area contributed by atoms with Crippen molar-refractivity contribution in [3.05, 3.63) is 59.7 Å². The second kappa shape index (κ2) is 7.90. The smallest absolute Gasteiger partial charge is 0.234 e. The Kier molecular flexibility index (Phi) is 5.16. The molecule has 6 nitrogen and oxygen atoms in total. The first kappa shape index (κ1) is 18.3. The summed E-state index contributed by atoms with van der Waals surface area (Å²) in [6.07, 6.45) is 0. The highest BCUT2D eigenvalue weighted by Crippen LogP contribution is 2.35. The molecule has 0 spiro atoms. The maximum Gasteiger partial charge on any atom is 0.234 e. The maximum absolute atomic E-state index is 12.2. The second-order valence-electron chi connectivity index (χ2n) is 6.54. The zero-order chi connectivity index (χ0) is 19.5. The van der Waals surface area contributed by atoms with Crippen molar-refractivity contribution in [3.63, 3.8) is 0 Å². The van der Waals surface area contributed by atoms with Crippen LogP contribution in [0.4, 0.5) is 5.69 Å². The molecule has 3 aromatic rings. The van der Waals surface area contributed by atoms with Crippen LogP contribution in [0.15, 0.2) is 53.6 Å². The van der Waals surface area contributed by atoms with Crippen LogP contribution in [0.2, 0.25) is 0 Å². The van der Waals surface area contributed by atoms with Gasteiger partial charge in [0.25, 0.3) is 0 Å². The maximum atomic E-state index is 12.2. The van der Waals surface area contributed by atoms with Gasteiger partial charge in [0.1, 0.15) is 5.03 Å². The van der Waals surface area contributed by atoms with Gasteiger partial charge in [0.15, 0.2) is 11.5 Å². The quantitative estimate of drug-likeness (QED) is 0.654. The molecule has 7 heteroatoms. The monoisotopic (exact) mass is 393 g/mol. The van der Waals surface area contributed by atoms with Gasteiger partial charge in [-0.2, -0.15) is 0 Å². The minimum atomic E-state index is -0.0725. The summed E-state index contributed by atoms with van der Waals surface area (Å²) in [6, 6.07) is 15.4. The number of fused-ring (bicyclic) bond motifs is 1. The molecule has 1 N–H and O–H groups in total. The molecule has 0 aliphatic carbocycles. The summed E-state index contributed by atoms with van der Waals surface area (Å²) in [6.45, 7) is 4.26. The van der Waals surface area contributed by atoms with Gasteiger partial charge in [-0.3, -0.25) is 4.79 Å². The van der Waals surface area contributed by atoms with E-state index in [1.807, 2.05) is 56.3 Å². The molecule has 142 valence electrons. The first-order valence-electron chi connectivity index (χ1n) is 8.81. The normalized spacial score (nSPS) is 12.1. The molecule has 0 saturated carbocycles. The Morgan fingerprint density at radius 2 is 1.79 bits per heavy atom. The Labute approximate surface area is 167 Å². The van der Waals surface area contributed by atoms with Gasteiger partial charge in [-0.25, -0.2) is 0 Å². The first-order chi connectivity index (χ1) is 13.6. The van der Waals surface area contributed by atoms with Gasteiger partial charge in [0.05, 0.1) is 11.4 Å². The summed E-state index contributed by atoms with van der Waals surface area (Å²) in [5.41, 5.74) is 4.69. The van der Waals surface area contributed by atoms with Crippen LogP contribution in [0.5, 0.6) is 11.5 Å². The van der Waals surface area contributed by atoms with E-state index in [9.17, 15) is 4.79 Å². The number of nitrogens with one attached hydrogen (secondary N) is 1. The zero-order valence-corrected chi connectivity index (χ0v) is 16.4. The minimum absolute atomic E-state index is 0.0725. The molecule has 0 atom stereocenters. The Morgan fingerprint density at radius 1 is 1.00 bits per heavy atom. The molecule has 0 radical (unpaired) electrons. The molecule has 1 aromatic heterocycles. The van der Waals surface area contributed by atoms with Gasteiger partial charge >= 0.3 is 0 Å². The van der Waals surface area contributed by atoms with Crippen LogP contribution in [0.25, 0.3) is 11.3 Å². The fourth-order valence-electron chi connectivity index (χ4n) is 2.99. The van der Waals surface area contributed by atoms with Crippen molar-refractivity contribution in [2.45, 2.75) is 18.9 Å². The summed E-state index contributed by atoms with van der Waals surface area (Å²) in [4.78, 5) is 12.2. The number of nitrogens with zero attached hydrogens (tertiary/aromatic N) is 2. The number of amides is 1. The number of hydrogen-bond acceptors (Lipinski definition) is 6. The van der Waals surface area contributed by atoms with Gasteiger partial charge in [0.2, 0.25) is 12.7 Å². The standard InChI is InChI=1S/C21H19N3O3S/c1-13-7-14(2)9-16(8-13)22-20(25)11-28-21-6-4-17(23-24-21)15-3-5-18-19(10-15)27-12-26-18/h3-10H,11-12H2,1-2H3,(H,22,25). The molecule has 0 bridgehead atoms. The number of carbonyl (C=O) groups excluding carboxylic acids is 1. The first-order valence-corrected chi connectivity index (χ1v) is 9.80. The van der Waals surface area contributed by atoms with Crippen LogP contribution in [0.3, 0.4) is 0 Å². The lowest BCUT2D eigenvalue weighted by molar-refractivity contribution is -0.113. The third-order valence-electron chi connectivity index (χ3n) is 4.17. The van der Waals surface area contributed by atoms with Crippen molar-refractivity contribution >= 4 is 23.4 Å². The minimum Gasteiger partial charge on any atom is -0.454 e. The van der Waals surface area contributed by atoms with Gasteiger partial charge < -0.3 is 14.8 Å². The highest BCUT2D eigenvalue weighted by molar-refractivity contribution is 7.99. The lowest BCUT2D eigenvalue weighted by Crippen LogP contribution is -2.14. The molecule has 1 aliphatic heterocycles. The largest absolute Gasteiger partial charge is 0.454 e. The highest BCUT2D eigenvalue weighted by Gasteiger charge is 2.14. The molecule has 0 fully saturated rings. The molecule has 4 rings (SSSR count). The SMILES string of the molecule is Cc1cc(C)cc(NC(=O)CSc2ccc(-c3ccc4c(c3)OCO4)nn2)c1. The van der Waals surface area contributed by atoms with Crippen molar-refractivity contribution in [2.75, 3.05) is 17.9 Å². The molecule has 1 aliphatic rings. The number of aromatic nitrogens is 2. The molecular formula is C21H19N3O3S. The average Bonchev–Trinajstić information content (AvgIpc) is 3.14. The van der Waals surface area contributed by atoms with Gasteiger partial charge in [-0.15, -0.1) is 10.2 Å². The highest BCUT2D eigenvalue weighted by atomic mass is 32.2. The van der Waals surface area contributed by atoms with Crippen LogP contribution < -0.4 is 14.8 Å². The van der Waals surface area contributed by atoms with Crippen LogP contribution >= 0.6 is 11.8 Å². The van der Waals surface area contributed by atoms with E-state index in [1.165, 1.54) is 11.8 Å². The van der Waals surface area contributed by atoms with E-state index in [4.69, 9.17) is 9.47 Å². The van der Waals surface area contributed by atoms with Gasteiger partial charge in [0, 0.05) is 11.3 Å². The van der Waals surface area contributed by atoms with Crippen LogP contribution in [-0.4, -0.2) is 28.7 Å². The topological polar surface area (TPSA) is 73.3 Å². The van der Waals surface area contributed by atoms with E-state index in [2.05, 4.69) is 21.6 Å². The Bertz CT molecular complexity index is 1000. The molecule has 0 saturated heterocycles. The number of rotatable bonds is 5. The van der Waals surface area contributed by atoms with E-state index in [0.29, 0.717) is 10.8 Å². The molecule has 0 unspecified atom stereocenters. The number of thioether (sulfide) groups is 1. The predicted molar refractivity (Wildman–Crippen MR) is 109 cm³/mol. The third-order valence-corrected chi connectivity index (χ3v) is 5.09. The number of carbonyl (C=O) groups is 1. The molecular weight excluding hydrogens is 374 g/mol. The van der Waals surface area contributed by atoms with E-state index in [-0.39, 0.29) is 18.5 Å². The number of ether oxygens (including phenoxy) is 2. The number of benzene rings is 2. The van der Waals surface area contributed by atoms with Crippen molar-refractivity contribution < 1.29 is 14.3 Å². The van der Waals surface area contributed by atoms with E-state index in [0.717, 1.165) is 33.8 Å².